The molecule has 1 aliphatic heterocycles. The Bertz CT molecular complexity index is 1390. The summed E-state index contributed by atoms with van der Waals surface area (Å²) in [5.41, 5.74) is 0.659. The maximum atomic E-state index is 13.5. The van der Waals surface area contributed by atoms with Crippen molar-refractivity contribution in [1.29, 1.82) is 0 Å². The van der Waals surface area contributed by atoms with Gasteiger partial charge in [0.15, 0.2) is 11.5 Å². The molecule has 4 aromatic rings. The van der Waals surface area contributed by atoms with Gasteiger partial charge < -0.3 is 14.6 Å². The van der Waals surface area contributed by atoms with Crippen LogP contribution in [0.15, 0.2) is 77.7 Å². The Morgan fingerprint density at radius 1 is 0.970 bits per heavy atom. The molecule has 33 heavy (non-hydrogen) atoms. The maximum Gasteiger partial charge on any atom is 0.241 e. The van der Waals surface area contributed by atoms with Gasteiger partial charge in [0.1, 0.15) is 19.3 Å². The van der Waals surface area contributed by atoms with Gasteiger partial charge in [-0.05, 0) is 41.3 Å². The Morgan fingerprint density at radius 2 is 1.70 bits per heavy atom. The van der Waals surface area contributed by atoms with Gasteiger partial charge in [0.2, 0.25) is 10.0 Å². The highest BCUT2D eigenvalue weighted by molar-refractivity contribution is 7.89. The van der Waals surface area contributed by atoms with Gasteiger partial charge in [-0.15, -0.1) is 11.3 Å². The Labute approximate surface area is 200 Å². The molecule has 170 valence electrons. The molecule has 0 radical (unpaired) electrons. The lowest BCUT2D eigenvalue weighted by molar-refractivity contribution is 0.0801. The number of aliphatic hydroxyl groups excluding tert-OH is 1. The molecule has 2 atom stereocenters. The zero-order chi connectivity index (χ0) is 23.0. The number of thiophene rings is 1. The van der Waals surface area contributed by atoms with Crippen LogP contribution >= 0.6 is 22.9 Å². The monoisotopic (exact) mass is 501 g/mol. The molecule has 6 nitrogen and oxygen atoms in total. The number of rotatable bonds is 5. The van der Waals surface area contributed by atoms with E-state index in [-0.39, 0.29) is 23.9 Å². The van der Waals surface area contributed by atoms with Crippen LogP contribution in [0.1, 0.15) is 16.5 Å². The lowest BCUT2D eigenvalue weighted by Gasteiger charge is -2.20. The first-order valence-electron chi connectivity index (χ1n) is 10.2. The van der Waals surface area contributed by atoms with Gasteiger partial charge in [0, 0.05) is 20.7 Å². The summed E-state index contributed by atoms with van der Waals surface area (Å²) in [7, 11) is -3.97. The quantitative estimate of drug-likeness (QED) is 0.412. The third-order valence-corrected chi connectivity index (χ3v) is 8.25. The van der Waals surface area contributed by atoms with Gasteiger partial charge in [0.05, 0.1) is 10.9 Å². The minimum absolute atomic E-state index is 0.0218. The smallest absolute Gasteiger partial charge is 0.241 e. The molecule has 0 aliphatic carbocycles. The number of hydrogen-bond donors (Lipinski definition) is 2. The SMILES string of the molecule is O=S(=O)(N[C@@H](c1cc2ccccc2s1)c1ccccc1Cl)c1ccc2c(c1)OC[C@@H](O)CO2. The second-order valence-electron chi connectivity index (χ2n) is 7.65. The van der Waals surface area contributed by atoms with E-state index in [1.54, 1.807) is 12.1 Å². The average Bonchev–Trinajstić information content (AvgIpc) is 3.15. The summed E-state index contributed by atoms with van der Waals surface area (Å²) in [6, 6.07) is 20.8. The number of ether oxygens (including phenoxy) is 2. The molecule has 0 amide bonds. The van der Waals surface area contributed by atoms with E-state index in [4.69, 9.17) is 21.1 Å². The molecule has 0 unspecified atom stereocenters. The highest BCUT2D eigenvalue weighted by Crippen LogP contribution is 2.37. The van der Waals surface area contributed by atoms with Crippen molar-refractivity contribution in [3.05, 3.63) is 88.3 Å². The van der Waals surface area contributed by atoms with Crippen molar-refractivity contribution in [2.24, 2.45) is 0 Å². The van der Waals surface area contributed by atoms with E-state index in [0.717, 1.165) is 15.0 Å². The summed E-state index contributed by atoms with van der Waals surface area (Å²) in [5.74, 6) is 0.656. The maximum absolute atomic E-state index is 13.5. The van der Waals surface area contributed by atoms with Crippen LogP contribution in [-0.4, -0.2) is 32.8 Å². The molecule has 9 heteroatoms. The van der Waals surface area contributed by atoms with Gasteiger partial charge >= 0.3 is 0 Å². The number of halogens is 1. The van der Waals surface area contributed by atoms with Crippen molar-refractivity contribution in [1.82, 2.24) is 4.72 Å². The van der Waals surface area contributed by atoms with E-state index in [9.17, 15) is 13.5 Å². The third kappa shape index (κ3) is 4.58. The molecule has 3 aromatic carbocycles. The van der Waals surface area contributed by atoms with Gasteiger partial charge in [-0.2, -0.15) is 4.72 Å². The summed E-state index contributed by atoms with van der Waals surface area (Å²) in [4.78, 5) is 0.852. The van der Waals surface area contributed by atoms with Crippen molar-refractivity contribution in [2.75, 3.05) is 13.2 Å². The van der Waals surface area contributed by atoms with Crippen LogP contribution < -0.4 is 14.2 Å². The summed E-state index contributed by atoms with van der Waals surface area (Å²) >= 11 is 7.99. The number of benzene rings is 3. The van der Waals surface area contributed by atoms with Crippen LogP contribution in [0, 0.1) is 0 Å². The molecule has 0 fully saturated rings. The lowest BCUT2D eigenvalue weighted by Crippen LogP contribution is -2.29. The van der Waals surface area contributed by atoms with E-state index in [1.165, 1.54) is 29.5 Å². The predicted molar refractivity (Wildman–Crippen MR) is 129 cm³/mol. The second kappa shape index (κ2) is 8.96. The number of fused-ring (bicyclic) bond motifs is 2. The predicted octanol–water partition coefficient (Wildman–Crippen LogP) is 4.75. The van der Waals surface area contributed by atoms with Crippen molar-refractivity contribution < 1.29 is 23.0 Å². The molecule has 0 spiro atoms. The van der Waals surface area contributed by atoms with Gasteiger partial charge in [0.25, 0.3) is 0 Å². The summed E-state index contributed by atoms with van der Waals surface area (Å²) < 4.78 is 41.8. The van der Waals surface area contributed by atoms with Crippen molar-refractivity contribution >= 4 is 43.0 Å². The zero-order valence-electron chi connectivity index (χ0n) is 17.3. The zero-order valence-corrected chi connectivity index (χ0v) is 19.7. The summed E-state index contributed by atoms with van der Waals surface area (Å²) in [5, 5.41) is 11.3. The number of aliphatic hydroxyl groups is 1. The molecule has 1 aromatic heterocycles. The lowest BCUT2D eigenvalue weighted by atomic mass is 10.1. The van der Waals surface area contributed by atoms with Crippen molar-refractivity contribution in [3.63, 3.8) is 0 Å². The molecule has 5 rings (SSSR count). The van der Waals surface area contributed by atoms with E-state index in [0.29, 0.717) is 16.3 Å². The second-order valence-corrected chi connectivity index (χ2v) is 10.9. The molecular formula is C24H20ClNO5S2. The van der Waals surface area contributed by atoms with Crippen LogP contribution in [0.3, 0.4) is 0 Å². The van der Waals surface area contributed by atoms with Gasteiger partial charge in [-0.1, -0.05) is 48.0 Å². The number of hydrogen-bond acceptors (Lipinski definition) is 6. The summed E-state index contributed by atoms with van der Waals surface area (Å²) in [6.07, 6.45) is -0.784. The number of nitrogens with one attached hydrogen (secondary N) is 1. The van der Waals surface area contributed by atoms with Crippen molar-refractivity contribution in [2.45, 2.75) is 17.0 Å². The number of sulfonamides is 1. The molecule has 2 heterocycles. The molecular weight excluding hydrogens is 482 g/mol. The normalized spacial score (nSPS) is 17.0. The van der Waals surface area contributed by atoms with E-state index in [1.807, 2.05) is 42.5 Å². The first-order chi connectivity index (χ1) is 15.9. The Hall–Kier alpha value is -2.62. The first-order valence-corrected chi connectivity index (χ1v) is 12.9. The van der Waals surface area contributed by atoms with Crippen LogP contribution in [0.2, 0.25) is 5.02 Å². The van der Waals surface area contributed by atoms with Gasteiger partial charge in [-0.25, -0.2) is 8.42 Å². The molecule has 1 aliphatic rings. The van der Waals surface area contributed by atoms with Crippen LogP contribution in [0.25, 0.3) is 10.1 Å². The van der Waals surface area contributed by atoms with E-state index < -0.39 is 22.2 Å². The highest BCUT2D eigenvalue weighted by Gasteiger charge is 2.27. The molecule has 0 bridgehead atoms. The summed E-state index contributed by atoms with van der Waals surface area (Å²) in [6.45, 7) is 0.103. The molecule has 0 saturated carbocycles. The Kier molecular flexibility index (Phi) is 6.03. The topological polar surface area (TPSA) is 84.9 Å². The third-order valence-electron chi connectivity index (χ3n) is 5.31. The highest BCUT2D eigenvalue weighted by atomic mass is 35.5. The van der Waals surface area contributed by atoms with E-state index in [2.05, 4.69) is 4.72 Å². The Morgan fingerprint density at radius 3 is 2.48 bits per heavy atom. The Balaban J connectivity index is 1.55. The largest absolute Gasteiger partial charge is 0.487 e. The fourth-order valence-corrected chi connectivity index (χ4v) is 6.32. The fourth-order valence-electron chi connectivity index (χ4n) is 3.66. The van der Waals surface area contributed by atoms with Crippen molar-refractivity contribution in [3.8, 4) is 11.5 Å². The first kappa shape index (κ1) is 22.2. The standard InChI is InChI=1S/C24H20ClNO5S2/c25-19-7-3-2-6-18(19)24(23-11-15-5-1-4-8-22(15)32-23)26-33(28,29)17-9-10-20-21(12-17)31-14-16(27)13-30-20/h1-12,16,24,26-27H,13-14H2/t16-,24+/m0/s1. The molecule has 0 saturated heterocycles. The minimum Gasteiger partial charge on any atom is -0.487 e. The van der Waals surface area contributed by atoms with Crippen LogP contribution in [0.5, 0.6) is 11.5 Å². The molecule has 2 N–H and O–H groups in total. The van der Waals surface area contributed by atoms with Crippen LogP contribution in [0.4, 0.5) is 0 Å². The van der Waals surface area contributed by atoms with Gasteiger partial charge in [-0.3, -0.25) is 0 Å². The minimum atomic E-state index is -3.97. The van der Waals surface area contributed by atoms with Crippen LogP contribution in [-0.2, 0) is 10.0 Å². The average molecular weight is 502 g/mol. The van der Waals surface area contributed by atoms with E-state index >= 15 is 0 Å². The fraction of sp³-hybridized carbons (Fsp3) is 0.167.